The SMILES string of the molecule is CCC(C(=O)NC(C)C)N(Cc1ccccc1Cl)C(=O)CN(c1cccc(C)c1C)S(=O)(=O)c1ccccc1. The maximum Gasteiger partial charge on any atom is 0.264 e. The number of halogens is 1. The van der Waals surface area contributed by atoms with Crippen molar-refractivity contribution in [1.82, 2.24) is 10.2 Å². The second kappa shape index (κ2) is 13.1. The number of nitrogens with zero attached hydrogens (tertiary/aromatic N) is 2. The first kappa shape index (κ1) is 30.2. The number of rotatable bonds is 11. The molecule has 0 radical (unpaired) electrons. The summed E-state index contributed by atoms with van der Waals surface area (Å²) in [5.74, 6) is -0.821. The predicted octanol–water partition coefficient (Wildman–Crippen LogP) is 5.48. The van der Waals surface area contributed by atoms with E-state index in [4.69, 9.17) is 11.6 Å². The Bertz CT molecular complexity index is 1410. The highest BCUT2D eigenvalue weighted by atomic mass is 35.5. The Morgan fingerprint density at radius 1 is 0.923 bits per heavy atom. The number of hydrogen-bond donors (Lipinski definition) is 1. The number of benzene rings is 3. The van der Waals surface area contributed by atoms with Gasteiger partial charge >= 0.3 is 0 Å². The van der Waals surface area contributed by atoms with Gasteiger partial charge in [-0.3, -0.25) is 13.9 Å². The molecule has 1 unspecified atom stereocenters. The van der Waals surface area contributed by atoms with E-state index in [1.165, 1.54) is 17.0 Å². The molecule has 208 valence electrons. The number of amides is 2. The van der Waals surface area contributed by atoms with Crippen molar-refractivity contribution in [3.05, 3.63) is 94.5 Å². The lowest BCUT2D eigenvalue weighted by Crippen LogP contribution is -2.53. The summed E-state index contributed by atoms with van der Waals surface area (Å²) in [6.07, 6.45) is 0.337. The quantitative estimate of drug-likeness (QED) is 0.331. The number of hydrogen-bond acceptors (Lipinski definition) is 4. The van der Waals surface area contributed by atoms with Crippen molar-refractivity contribution >= 4 is 39.1 Å². The van der Waals surface area contributed by atoms with Crippen LogP contribution in [0, 0.1) is 13.8 Å². The summed E-state index contributed by atoms with van der Waals surface area (Å²) >= 11 is 6.43. The molecule has 0 saturated heterocycles. The third-order valence-electron chi connectivity index (χ3n) is 6.57. The number of carbonyl (C=O) groups is 2. The fourth-order valence-corrected chi connectivity index (χ4v) is 6.04. The van der Waals surface area contributed by atoms with E-state index in [1.54, 1.807) is 54.6 Å². The molecule has 0 aliphatic rings. The molecule has 0 bridgehead atoms. The van der Waals surface area contributed by atoms with Crippen molar-refractivity contribution in [1.29, 1.82) is 0 Å². The second-order valence-electron chi connectivity index (χ2n) is 9.74. The van der Waals surface area contributed by atoms with Gasteiger partial charge in [0.05, 0.1) is 10.6 Å². The summed E-state index contributed by atoms with van der Waals surface area (Å²) in [5, 5.41) is 3.35. The minimum atomic E-state index is -4.12. The molecule has 0 fully saturated rings. The van der Waals surface area contributed by atoms with Crippen LogP contribution in [-0.2, 0) is 26.2 Å². The predicted molar refractivity (Wildman–Crippen MR) is 156 cm³/mol. The van der Waals surface area contributed by atoms with Crippen molar-refractivity contribution < 1.29 is 18.0 Å². The minimum absolute atomic E-state index is 0.0502. The van der Waals surface area contributed by atoms with E-state index in [0.717, 1.165) is 15.4 Å². The van der Waals surface area contributed by atoms with Gasteiger partial charge in [0.2, 0.25) is 11.8 Å². The molecule has 39 heavy (non-hydrogen) atoms. The average Bonchev–Trinajstić information content (AvgIpc) is 2.90. The van der Waals surface area contributed by atoms with Gasteiger partial charge in [0.1, 0.15) is 12.6 Å². The highest BCUT2D eigenvalue weighted by Gasteiger charge is 2.34. The Kier molecular flexibility index (Phi) is 10.2. The zero-order chi connectivity index (χ0) is 28.7. The van der Waals surface area contributed by atoms with Gasteiger partial charge in [0, 0.05) is 17.6 Å². The van der Waals surface area contributed by atoms with E-state index < -0.39 is 28.5 Å². The van der Waals surface area contributed by atoms with Crippen LogP contribution in [0.3, 0.4) is 0 Å². The number of nitrogens with one attached hydrogen (secondary N) is 1. The lowest BCUT2D eigenvalue weighted by Gasteiger charge is -2.34. The van der Waals surface area contributed by atoms with Crippen LogP contribution >= 0.6 is 11.6 Å². The highest BCUT2D eigenvalue weighted by Crippen LogP contribution is 2.29. The van der Waals surface area contributed by atoms with Gasteiger partial charge in [-0.05, 0) is 75.1 Å². The van der Waals surface area contributed by atoms with Gasteiger partial charge in [0.15, 0.2) is 0 Å². The van der Waals surface area contributed by atoms with Gasteiger partial charge in [-0.1, -0.05) is 67.1 Å². The molecule has 3 aromatic rings. The lowest BCUT2D eigenvalue weighted by molar-refractivity contribution is -0.140. The lowest BCUT2D eigenvalue weighted by atomic mass is 10.1. The fourth-order valence-electron chi connectivity index (χ4n) is 4.35. The monoisotopic (exact) mass is 569 g/mol. The van der Waals surface area contributed by atoms with Crippen LogP contribution in [0.2, 0.25) is 5.02 Å². The molecule has 3 aromatic carbocycles. The van der Waals surface area contributed by atoms with Crippen LogP contribution in [-0.4, -0.2) is 43.8 Å². The van der Waals surface area contributed by atoms with Crippen LogP contribution in [0.25, 0.3) is 0 Å². The molecule has 3 rings (SSSR count). The molecule has 1 atom stereocenters. The smallest absolute Gasteiger partial charge is 0.264 e. The standard InChI is InChI=1S/C30H36ClN3O4S/c1-6-27(30(36)32-21(2)3)33(19-24-14-10-11-17-26(24)31)29(35)20-34(28-18-12-13-22(4)23(28)5)39(37,38)25-15-8-7-9-16-25/h7-18,21,27H,6,19-20H2,1-5H3,(H,32,36). The Morgan fingerprint density at radius 3 is 2.18 bits per heavy atom. The first-order valence-corrected chi connectivity index (χ1v) is 14.8. The molecule has 0 aliphatic heterocycles. The largest absolute Gasteiger partial charge is 0.352 e. The third-order valence-corrected chi connectivity index (χ3v) is 8.71. The summed E-state index contributed by atoms with van der Waals surface area (Å²) in [7, 11) is -4.12. The summed E-state index contributed by atoms with van der Waals surface area (Å²) in [6.45, 7) is 8.79. The van der Waals surface area contributed by atoms with E-state index in [2.05, 4.69) is 5.32 Å². The zero-order valence-corrected chi connectivity index (χ0v) is 24.6. The first-order chi connectivity index (χ1) is 18.5. The van der Waals surface area contributed by atoms with Crippen molar-refractivity contribution in [3.8, 4) is 0 Å². The summed E-state index contributed by atoms with van der Waals surface area (Å²) in [4.78, 5) is 28.8. The highest BCUT2D eigenvalue weighted by molar-refractivity contribution is 7.92. The van der Waals surface area contributed by atoms with E-state index in [9.17, 15) is 18.0 Å². The van der Waals surface area contributed by atoms with E-state index >= 15 is 0 Å². The molecule has 9 heteroatoms. The molecule has 7 nitrogen and oxygen atoms in total. The van der Waals surface area contributed by atoms with Crippen LogP contribution in [0.4, 0.5) is 5.69 Å². The van der Waals surface area contributed by atoms with Crippen LogP contribution < -0.4 is 9.62 Å². The van der Waals surface area contributed by atoms with Crippen LogP contribution in [0.15, 0.2) is 77.7 Å². The molecule has 1 N–H and O–H groups in total. The maximum atomic E-state index is 14.1. The van der Waals surface area contributed by atoms with Crippen LogP contribution in [0.5, 0.6) is 0 Å². The van der Waals surface area contributed by atoms with Gasteiger partial charge in [-0.25, -0.2) is 8.42 Å². The first-order valence-electron chi connectivity index (χ1n) is 12.9. The molecule has 2 amide bonds. The second-order valence-corrected chi connectivity index (χ2v) is 12.0. The molecule has 0 aromatic heterocycles. The van der Waals surface area contributed by atoms with Crippen molar-refractivity contribution in [3.63, 3.8) is 0 Å². The fraction of sp³-hybridized carbons (Fsp3) is 0.333. The third kappa shape index (κ3) is 7.19. The normalized spacial score (nSPS) is 12.2. The van der Waals surface area contributed by atoms with Crippen molar-refractivity contribution in [2.24, 2.45) is 0 Å². The summed E-state index contributed by atoms with van der Waals surface area (Å²) in [5.41, 5.74) is 2.70. The van der Waals surface area contributed by atoms with E-state index in [1.807, 2.05) is 40.7 Å². The molecule has 0 saturated carbocycles. The van der Waals surface area contributed by atoms with Gasteiger partial charge < -0.3 is 10.2 Å². The Morgan fingerprint density at radius 2 is 1.56 bits per heavy atom. The Hall–Kier alpha value is -3.36. The number of anilines is 1. The maximum absolute atomic E-state index is 14.1. The number of sulfonamides is 1. The molecule has 0 aliphatic carbocycles. The van der Waals surface area contributed by atoms with Gasteiger partial charge in [-0.2, -0.15) is 0 Å². The zero-order valence-electron chi connectivity index (χ0n) is 23.0. The molecule has 0 spiro atoms. The Balaban J connectivity index is 2.11. The molecular formula is C30H36ClN3O4S. The van der Waals surface area contributed by atoms with Crippen molar-refractivity contribution in [2.75, 3.05) is 10.8 Å². The minimum Gasteiger partial charge on any atom is -0.352 e. The average molecular weight is 570 g/mol. The van der Waals surface area contributed by atoms with Gasteiger partial charge in [0.25, 0.3) is 10.0 Å². The van der Waals surface area contributed by atoms with Crippen molar-refractivity contribution in [2.45, 2.75) is 64.6 Å². The van der Waals surface area contributed by atoms with E-state index in [0.29, 0.717) is 22.7 Å². The summed E-state index contributed by atoms with van der Waals surface area (Å²) in [6, 6.07) is 19.5. The number of carbonyl (C=O) groups excluding carboxylic acids is 2. The van der Waals surface area contributed by atoms with E-state index in [-0.39, 0.29) is 23.4 Å². The van der Waals surface area contributed by atoms with Crippen LogP contribution in [0.1, 0.15) is 43.9 Å². The topological polar surface area (TPSA) is 86.8 Å². The summed E-state index contributed by atoms with van der Waals surface area (Å²) < 4.78 is 29.0. The number of aryl methyl sites for hydroxylation is 1. The van der Waals surface area contributed by atoms with Gasteiger partial charge in [-0.15, -0.1) is 0 Å². The molecule has 0 heterocycles. The Labute approximate surface area is 236 Å². The molecular weight excluding hydrogens is 534 g/mol.